The van der Waals surface area contributed by atoms with E-state index in [1.54, 1.807) is 13.3 Å². The van der Waals surface area contributed by atoms with Crippen LogP contribution in [0.15, 0.2) is 6.20 Å². The van der Waals surface area contributed by atoms with Crippen LogP contribution in [-0.2, 0) is 11.2 Å². The van der Waals surface area contributed by atoms with E-state index in [4.69, 9.17) is 4.74 Å². The summed E-state index contributed by atoms with van der Waals surface area (Å²) < 4.78 is 4.94. The molecule has 0 amide bonds. The standard InChI is InChI=1S/C9H14N6OS/c1-16-5-4-10-3-2-8-13-14-9(17-8)7-6-11-15-12-7/h6,10H,2-5H2,1H3,(H,11,12,15). The Hall–Kier alpha value is -1.38. The first kappa shape index (κ1) is 12.1. The molecule has 0 bridgehead atoms. The maximum atomic E-state index is 4.94. The maximum Gasteiger partial charge on any atom is 0.169 e. The summed E-state index contributed by atoms with van der Waals surface area (Å²) in [5, 5.41) is 23.5. The van der Waals surface area contributed by atoms with E-state index in [0.717, 1.165) is 41.8 Å². The molecule has 0 aromatic carbocycles. The van der Waals surface area contributed by atoms with Crippen molar-refractivity contribution in [1.29, 1.82) is 0 Å². The average Bonchev–Trinajstić information content (AvgIpc) is 2.99. The highest BCUT2D eigenvalue weighted by Crippen LogP contribution is 2.20. The zero-order valence-electron chi connectivity index (χ0n) is 9.51. The van der Waals surface area contributed by atoms with Crippen LogP contribution in [0.2, 0.25) is 0 Å². The van der Waals surface area contributed by atoms with Gasteiger partial charge in [0.2, 0.25) is 0 Å². The average molecular weight is 254 g/mol. The van der Waals surface area contributed by atoms with Gasteiger partial charge in [0.25, 0.3) is 0 Å². The highest BCUT2D eigenvalue weighted by molar-refractivity contribution is 7.14. The summed E-state index contributed by atoms with van der Waals surface area (Å²) in [6, 6.07) is 0. The Morgan fingerprint density at radius 3 is 3.12 bits per heavy atom. The lowest BCUT2D eigenvalue weighted by atomic mass is 10.4. The molecule has 0 aliphatic rings. The van der Waals surface area contributed by atoms with Crippen molar-refractivity contribution in [3.05, 3.63) is 11.2 Å². The fourth-order valence-corrected chi connectivity index (χ4v) is 2.05. The minimum absolute atomic E-state index is 0.723. The van der Waals surface area contributed by atoms with E-state index in [0.29, 0.717) is 0 Å². The summed E-state index contributed by atoms with van der Waals surface area (Å²) in [5.74, 6) is 0. The Morgan fingerprint density at radius 1 is 1.41 bits per heavy atom. The predicted molar refractivity (Wildman–Crippen MR) is 63.7 cm³/mol. The van der Waals surface area contributed by atoms with Crippen LogP contribution in [0.25, 0.3) is 10.7 Å². The third-order valence-corrected chi connectivity index (χ3v) is 3.11. The van der Waals surface area contributed by atoms with E-state index in [1.165, 1.54) is 11.3 Å². The van der Waals surface area contributed by atoms with Gasteiger partial charge in [-0.2, -0.15) is 15.4 Å². The normalized spacial score (nSPS) is 10.9. The summed E-state index contributed by atoms with van der Waals surface area (Å²) in [5.41, 5.74) is 0.737. The molecule has 7 nitrogen and oxygen atoms in total. The van der Waals surface area contributed by atoms with Crippen LogP contribution in [0.3, 0.4) is 0 Å². The Morgan fingerprint density at radius 2 is 2.35 bits per heavy atom. The van der Waals surface area contributed by atoms with Crippen molar-refractivity contribution in [2.45, 2.75) is 6.42 Å². The van der Waals surface area contributed by atoms with Crippen molar-refractivity contribution in [1.82, 2.24) is 30.9 Å². The molecule has 0 saturated carbocycles. The highest BCUT2D eigenvalue weighted by atomic mass is 32.1. The van der Waals surface area contributed by atoms with Gasteiger partial charge < -0.3 is 10.1 Å². The van der Waals surface area contributed by atoms with Crippen LogP contribution >= 0.6 is 11.3 Å². The van der Waals surface area contributed by atoms with Crippen LogP contribution < -0.4 is 5.32 Å². The van der Waals surface area contributed by atoms with Gasteiger partial charge in [-0.05, 0) is 0 Å². The summed E-state index contributed by atoms with van der Waals surface area (Å²) in [6.45, 7) is 2.45. The molecule has 2 aromatic heterocycles. The molecule has 8 heteroatoms. The third kappa shape index (κ3) is 3.55. The molecule has 0 aliphatic heterocycles. The van der Waals surface area contributed by atoms with Crippen molar-refractivity contribution >= 4 is 11.3 Å². The van der Waals surface area contributed by atoms with Gasteiger partial charge in [-0.1, -0.05) is 11.3 Å². The topological polar surface area (TPSA) is 88.6 Å². The van der Waals surface area contributed by atoms with E-state index < -0.39 is 0 Å². The van der Waals surface area contributed by atoms with Gasteiger partial charge in [0.05, 0.1) is 12.8 Å². The Labute approximate surface area is 103 Å². The molecule has 0 aliphatic carbocycles. The van der Waals surface area contributed by atoms with Crippen molar-refractivity contribution in [3.8, 4) is 10.7 Å². The Kier molecular flexibility index (Phi) is 4.54. The maximum absolute atomic E-state index is 4.94. The quantitative estimate of drug-likeness (QED) is 0.681. The van der Waals surface area contributed by atoms with Gasteiger partial charge in [-0.3, -0.25) is 0 Å². The van der Waals surface area contributed by atoms with E-state index in [1.807, 2.05) is 0 Å². The number of aromatic nitrogens is 5. The van der Waals surface area contributed by atoms with Crippen LogP contribution in [0.5, 0.6) is 0 Å². The molecule has 0 saturated heterocycles. The number of methoxy groups -OCH3 is 1. The molecular formula is C9H14N6OS. The van der Waals surface area contributed by atoms with Crippen molar-refractivity contribution < 1.29 is 4.74 Å². The Bertz CT molecular complexity index is 428. The van der Waals surface area contributed by atoms with E-state index in [-0.39, 0.29) is 0 Å². The first-order valence-electron chi connectivity index (χ1n) is 5.28. The summed E-state index contributed by atoms with van der Waals surface area (Å²) >= 11 is 1.54. The molecule has 2 N–H and O–H groups in total. The number of aromatic amines is 1. The summed E-state index contributed by atoms with van der Waals surface area (Å²) in [4.78, 5) is 0. The van der Waals surface area contributed by atoms with Crippen LogP contribution in [-0.4, -0.2) is 52.4 Å². The predicted octanol–water partition coefficient (Wildman–Crippen LogP) is 0.102. The van der Waals surface area contributed by atoms with Crippen LogP contribution in [0.1, 0.15) is 5.01 Å². The van der Waals surface area contributed by atoms with Crippen molar-refractivity contribution in [2.75, 3.05) is 26.8 Å². The lowest BCUT2D eigenvalue weighted by Crippen LogP contribution is -2.21. The zero-order chi connectivity index (χ0) is 11.9. The molecule has 2 aromatic rings. The lowest BCUT2D eigenvalue weighted by molar-refractivity contribution is 0.199. The largest absolute Gasteiger partial charge is 0.383 e. The smallest absolute Gasteiger partial charge is 0.169 e. The molecule has 0 radical (unpaired) electrons. The molecule has 0 fully saturated rings. The fraction of sp³-hybridized carbons (Fsp3) is 0.556. The molecule has 92 valence electrons. The molecule has 2 rings (SSSR count). The highest BCUT2D eigenvalue weighted by Gasteiger charge is 2.08. The number of ether oxygens (including phenoxy) is 1. The fourth-order valence-electron chi connectivity index (χ4n) is 1.26. The van der Waals surface area contributed by atoms with Crippen molar-refractivity contribution in [2.24, 2.45) is 0 Å². The zero-order valence-corrected chi connectivity index (χ0v) is 10.3. The number of hydrogen-bond donors (Lipinski definition) is 2. The number of nitrogens with one attached hydrogen (secondary N) is 2. The SMILES string of the molecule is COCCNCCc1nnc(-c2cn[nH]n2)s1. The van der Waals surface area contributed by atoms with Gasteiger partial charge >= 0.3 is 0 Å². The van der Waals surface area contributed by atoms with Gasteiger partial charge in [0, 0.05) is 26.6 Å². The summed E-state index contributed by atoms with van der Waals surface area (Å²) in [6.07, 6.45) is 2.50. The van der Waals surface area contributed by atoms with Gasteiger partial charge in [-0.15, -0.1) is 10.2 Å². The number of H-pyrrole nitrogens is 1. The number of hydrogen-bond acceptors (Lipinski definition) is 7. The Balaban J connectivity index is 1.79. The molecule has 0 spiro atoms. The molecule has 0 unspecified atom stereocenters. The van der Waals surface area contributed by atoms with Crippen LogP contribution in [0.4, 0.5) is 0 Å². The van der Waals surface area contributed by atoms with Crippen molar-refractivity contribution in [3.63, 3.8) is 0 Å². The summed E-state index contributed by atoms with van der Waals surface area (Å²) in [7, 11) is 1.69. The first-order chi connectivity index (χ1) is 8.40. The van der Waals surface area contributed by atoms with Gasteiger partial charge in [0.15, 0.2) is 5.01 Å². The molecule has 2 heterocycles. The second-order valence-corrected chi connectivity index (χ2v) is 4.41. The van der Waals surface area contributed by atoms with E-state index in [9.17, 15) is 0 Å². The molecule has 17 heavy (non-hydrogen) atoms. The van der Waals surface area contributed by atoms with E-state index in [2.05, 4.69) is 30.9 Å². The monoisotopic (exact) mass is 254 g/mol. The minimum atomic E-state index is 0.723. The van der Waals surface area contributed by atoms with Gasteiger partial charge in [0.1, 0.15) is 10.7 Å². The minimum Gasteiger partial charge on any atom is -0.383 e. The molecular weight excluding hydrogens is 240 g/mol. The number of nitrogens with zero attached hydrogens (tertiary/aromatic N) is 4. The molecule has 0 atom stereocenters. The second kappa shape index (κ2) is 6.38. The van der Waals surface area contributed by atoms with Gasteiger partial charge in [-0.25, -0.2) is 0 Å². The number of rotatable bonds is 7. The second-order valence-electron chi connectivity index (χ2n) is 3.35. The van der Waals surface area contributed by atoms with E-state index >= 15 is 0 Å². The van der Waals surface area contributed by atoms with Crippen LogP contribution in [0, 0.1) is 0 Å². The third-order valence-electron chi connectivity index (χ3n) is 2.10. The lowest BCUT2D eigenvalue weighted by Gasteiger charge is -2.00. The first-order valence-corrected chi connectivity index (χ1v) is 6.10.